The van der Waals surface area contributed by atoms with Gasteiger partial charge < -0.3 is 17.9 Å². The molecule has 0 spiro atoms. The molecule has 15 heavy (non-hydrogen) atoms. The van der Waals surface area contributed by atoms with Crippen LogP contribution in [-0.4, -0.2) is 23.4 Å². The standard InChI is InChI=1S/C6H12N7S.Y/c1-5(7)11-9-3-2-4-10-13-12-6(8)14;/h2-4,13H,1H3,(H2,7,11)(H3,8,12,14);/q-1;/b9-3+,10-4+;. The van der Waals surface area contributed by atoms with E-state index in [4.69, 9.17) is 11.5 Å². The fourth-order valence-electron chi connectivity index (χ4n) is 0.369. The number of amidine groups is 1. The zero-order valence-corrected chi connectivity index (χ0v) is 11.9. The predicted molar refractivity (Wildman–Crippen MR) is 61.6 cm³/mol. The molecular weight excluding hydrogens is 291 g/mol. The monoisotopic (exact) mass is 303 g/mol. The van der Waals surface area contributed by atoms with Crippen LogP contribution < -0.4 is 22.4 Å². The third-order valence-corrected chi connectivity index (χ3v) is 0.875. The molecular formula is C6H12N7SY-. The quantitative estimate of drug-likeness (QED) is 0.169. The number of hydrogen-bond donors (Lipinski definition) is 4. The first kappa shape index (κ1) is 16.7. The van der Waals surface area contributed by atoms with Gasteiger partial charge in [0.15, 0.2) is 5.11 Å². The second-order valence-electron chi connectivity index (χ2n) is 2.08. The van der Waals surface area contributed by atoms with Crippen LogP contribution in [0, 0.1) is 6.42 Å². The molecule has 0 saturated heterocycles. The predicted octanol–water partition coefficient (Wildman–Crippen LogP) is -1.13. The Bertz CT molecular complexity index is 258. The SMILES string of the molecule is C/C(N)=N\N=C\[CH-]/C=N/NNC(N)=S.[Y]. The minimum Gasteiger partial charge on any atom is -0.386 e. The average Bonchev–Trinajstić information content (AvgIpc) is 2.08. The van der Waals surface area contributed by atoms with Crippen molar-refractivity contribution >= 4 is 35.6 Å². The van der Waals surface area contributed by atoms with Gasteiger partial charge in [-0.05, 0) is 19.1 Å². The molecule has 1 radical (unpaired) electrons. The molecule has 6 N–H and O–H groups in total. The van der Waals surface area contributed by atoms with E-state index in [0.717, 1.165) is 0 Å². The van der Waals surface area contributed by atoms with E-state index in [0.29, 0.717) is 5.84 Å². The van der Waals surface area contributed by atoms with Gasteiger partial charge in [0.2, 0.25) is 0 Å². The topological polar surface area (TPSA) is 113 Å². The number of hydrazone groups is 1. The van der Waals surface area contributed by atoms with Gasteiger partial charge >= 0.3 is 0 Å². The van der Waals surface area contributed by atoms with Crippen molar-refractivity contribution in [1.29, 1.82) is 0 Å². The van der Waals surface area contributed by atoms with E-state index < -0.39 is 0 Å². The summed E-state index contributed by atoms with van der Waals surface area (Å²) in [6.07, 6.45) is 4.43. The first-order valence-corrected chi connectivity index (χ1v) is 4.02. The van der Waals surface area contributed by atoms with Crippen molar-refractivity contribution in [3.63, 3.8) is 0 Å². The minimum absolute atomic E-state index is 0. The van der Waals surface area contributed by atoms with Gasteiger partial charge in [-0.25, -0.2) is 10.6 Å². The molecule has 0 heterocycles. The molecule has 0 aromatic carbocycles. The molecule has 0 aliphatic heterocycles. The average molecular weight is 303 g/mol. The van der Waals surface area contributed by atoms with Crippen LogP contribution in [0.1, 0.15) is 6.92 Å². The Morgan fingerprint density at radius 3 is 2.60 bits per heavy atom. The maximum Gasteiger partial charge on any atom is 0.183 e. The number of nitrogens with two attached hydrogens (primary N) is 2. The van der Waals surface area contributed by atoms with Gasteiger partial charge in [-0.3, -0.25) is 5.43 Å². The van der Waals surface area contributed by atoms with Gasteiger partial charge in [0.25, 0.3) is 0 Å². The summed E-state index contributed by atoms with van der Waals surface area (Å²) in [6, 6.07) is 0. The van der Waals surface area contributed by atoms with E-state index in [2.05, 4.69) is 38.5 Å². The second-order valence-corrected chi connectivity index (χ2v) is 2.52. The summed E-state index contributed by atoms with van der Waals surface area (Å²) in [7, 11) is 0. The largest absolute Gasteiger partial charge is 0.386 e. The molecule has 0 bridgehead atoms. The third kappa shape index (κ3) is 16.0. The van der Waals surface area contributed by atoms with Crippen LogP contribution in [0.3, 0.4) is 0 Å². The maximum absolute atomic E-state index is 5.23. The third-order valence-electron chi connectivity index (χ3n) is 0.772. The van der Waals surface area contributed by atoms with E-state index in [9.17, 15) is 0 Å². The van der Waals surface area contributed by atoms with E-state index >= 15 is 0 Å². The summed E-state index contributed by atoms with van der Waals surface area (Å²) in [6.45, 7) is 1.64. The van der Waals surface area contributed by atoms with Crippen molar-refractivity contribution in [2.45, 2.75) is 6.92 Å². The number of nitrogens with one attached hydrogen (secondary N) is 2. The Hall–Kier alpha value is -0.726. The molecule has 0 rings (SSSR count). The summed E-state index contributed by atoms with van der Waals surface area (Å²) in [5, 5.41) is 10.9. The number of thiocarbonyl (C=S) groups is 1. The fraction of sp³-hybridized carbons (Fsp3) is 0.167. The van der Waals surface area contributed by atoms with Crippen molar-refractivity contribution in [2.24, 2.45) is 26.8 Å². The molecule has 0 aliphatic rings. The summed E-state index contributed by atoms with van der Waals surface area (Å²) in [5.74, 6) is 0.389. The van der Waals surface area contributed by atoms with E-state index in [1.807, 2.05) is 0 Å². The molecule has 0 unspecified atom stereocenters. The molecule has 81 valence electrons. The van der Waals surface area contributed by atoms with Gasteiger partial charge in [-0.2, -0.15) is 5.10 Å². The van der Waals surface area contributed by atoms with Crippen LogP contribution in [0.5, 0.6) is 0 Å². The molecule has 7 nitrogen and oxygen atoms in total. The Morgan fingerprint density at radius 2 is 2.07 bits per heavy atom. The van der Waals surface area contributed by atoms with Crippen LogP contribution >= 0.6 is 12.2 Å². The molecule has 0 amide bonds. The van der Waals surface area contributed by atoms with Crippen molar-refractivity contribution in [1.82, 2.24) is 11.0 Å². The zero-order chi connectivity index (χ0) is 10.8. The maximum atomic E-state index is 5.23. The van der Waals surface area contributed by atoms with Gasteiger partial charge in [-0.1, -0.05) is 0 Å². The Morgan fingerprint density at radius 1 is 1.40 bits per heavy atom. The number of nitrogens with zero attached hydrogens (tertiary/aromatic N) is 3. The second kappa shape index (κ2) is 11.3. The van der Waals surface area contributed by atoms with E-state index in [1.54, 1.807) is 13.3 Å². The summed E-state index contributed by atoms with van der Waals surface area (Å²) >= 11 is 4.51. The van der Waals surface area contributed by atoms with Crippen LogP contribution in [-0.2, 0) is 32.7 Å². The summed E-state index contributed by atoms with van der Waals surface area (Å²) < 4.78 is 0. The molecule has 0 aromatic heterocycles. The van der Waals surface area contributed by atoms with Crippen molar-refractivity contribution in [2.75, 3.05) is 0 Å². The van der Waals surface area contributed by atoms with Gasteiger partial charge in [0, 0.05) is 32.7 Å². The van der Waals surface area contributed by atoms with Gasteiger partial charge in [-0.15, -0.1) is 17.5 Å². The molecule has 0 aliphatic carbocycles. The molecule has 0 saturated carbocycles. The molecule has 0 aromatic rings. The van der Waals surface area contributed by atoms with E-state index in [-0.39, 0.29) is 37.8 Å². The Kier molecular flexibility index (Phi) is 12.6. The normalized spacial score (nSPS) is 11.1. The Balaban J connectivity index is 0. The van der Waals surface area contributed by atoms with Crippen LogP contribution in [0.15, 0.2) is 15.3 Å². The Labute approximate surface area is 119 Å². The van der Waals surface area contributed by atoms with E-state index in [1.165, 1.54) is 12.4 Å². The van der Waals surface area contributed by atoms with Gasteiger partial charge in [0.05, 0.1) is 0 Å². The summed E-state index contributed by atoms with van der Waals surface area (Å²) in [4.78, 5) is 0. The smallest absolute Gasteiger partial charge is 0.183 e. The first-order chi connectivity index (χ1) is 6.63. The van der Waals surface area contributed by atoms with Crippen LogP contribution in [0.4, 0.5) is 0 Å². The molecule has 9 heteroatoms. The fourth-order valence-corrected chi connectivity index (χ4v) is 0.415. The van der Waals surface area contributed by atoms with Crippen LogP contribution in [0.2, 0.25) is 0 Å². The first-order valence-electron chi connectivity index (χ1n) is 3.61. The molecule has 0 atom stereocenters. The number of hydrogen-bond acceptors (Lipinski definition) is 5. The van der Waals surface area contributed by atoms with Crippen molar-refractivity contribution in [3.8, 4) is 0 Å². The van der Waals surface area contributed by atoms with Crippen molar-refractivity contribution in [3.05, 3.63) is 6.42 Å². The van der Waals surface area contributed by atoms with Crippen molar-refractivity contribution < 1.29 is 32.7 Å². The number of rotatable bonds is 5. The minimum atomic E-state index is 0. The number of hydrazine groups is 1. The van der Waals surface area contributed by atoms with Crippen LogP contribution in [0.25, 0.3) is 0 Å². The van der Waals surface area contributed by atoms with Gasteiger partial charge in [0.1, 0.15) is 5.84 Å². The zero-order valence-electron chi connectivity index (χ0n) is 8.21. The summed E-state index contributed by atoms with van der Waals surface area (Å²) in [5.41, 5.74) is 15.1. The molecule has 0 fully saturated rings.